The summed E-state index contributed by atoms with van der Waals surface area (Å²) in [5, 5.41) is 10.8. The molecule has 1 N–H and O–H groups in total. The summed E-state index contributed by atoms with van der Waals surface area (Å²) >= 11 is 1.83. The van der Waals surface area contributed by atoms with E-state index < -0.39 is 15.6 Å². The van der Waals surface area contributed by atoms with Crippen LogP contribution in [0.15, 0.2) is 47.5 Å². The van der Waals surface area contributed by atoms with Gasteiger partial charge in [-0.3, -0.25) is 4.99 Å². The van der Waals surface area contributed by atoms with Gasteiger partial charge in [-0.2, -0.15) is 0 Å². The van der Waals surface area contributed by atoms with Gasteiger partial charge in [0.15, 0.2) is 9.65 Å². The molecule has 2 atom stereocenters. The van der Waals surface area contributed by atoms with E-state index in [-0.39, 0.29) is 0 Å². The van der Waals surface area contributed by atoms with Gasteiger partial charge in [0.05, 0.1) is 7.11 Å². The first-order chi connectivity index (χ1) is 12.0. The summed E-state index contributed by atoms with van der Waals surface area (Å²) in [6.07, 6.45) is 2.44. The number of carbonyl (C=O) groups excluding carboxylic acids is 1. The van der Waals surface area contributed by atoms with Crippen LogP contribution in [0.5, 0.6) is 11.5 Å². The normalized spacial score (nSPS) is 21.5. The maximum Gasteiger partial charge on any atom is 0.334 e. The Balaban J connectivity index is 1.93. The fraction of sp³-hybridized carbons (Fsp3) is 0.263. The third kappa shape index (κ3) is 3.41. The number of rotatable bonds is 4. The summed E-state index contributed by atoms with van der Waals surface area (Å²) in [4.78, 5) is 16.0. The molecule has 0 fully saturated rings. The third-order valence-electron chi connectivity index (χ3n) is 4.13. The zero-order valence-electron chi connectivity index (χ0n) is 13.9. The van der Waals surface area contributed by atoms with E-state index in [9.17, 15) is 9.90 Å². The van der Waals surface area contributed by atoms with Crippen LogP contribution in [-0.4, -0.2) is 30.4 Å². The topological polar surface area (TPSA) is 68.1 Å². The Kier molecular flexibility index (Phi) is 5.10. The molecule has 2 unspecified atom stereocenters. The highest BCUT2D eigenvalue weighted by atomic mass is 127. The highest BCUT2D eigenvalue weighted by molar-refractivity contribution is 14.1. The Morgan fingerprint density at radius 1 is 1.32 bits per heavy atom. The summed E-state index contributed by atoms with van der Waals surface area (Å²) in [7, 11) is 1.28. The second-order valence-corrected chi connectivity index (χ2v) is 7.33. The van der Waals surface area contributed by atoms with Crippen molar-refractivity contribution in [2.75, 3.05) is 7.11 Å². The molecule has 2 aromatic rings. The smallest absolute Gasteiger partial charge is 0.334 e. The fourth-order valence-electron chi connectivity index (χ4n) is 2.78. The molecule has 0 bridgehead atoms. The highest BCUT2D eigenvalue weighted by Gasteiger charge is 2.44. The molecule has 1 heterocycles. The molecule has 2 aromatic carbocycles. The minimum atomic E-state index is -1.46. The molecule has 0 saturated heterocycles. The number of methoxy groups -OCH3 is 1. The van der Waals surface area contributed by atoms with Crippen molar-refractivity contribution in [1.29, 1.82) is 0 Å². The molecule has 0 saturated carbocycles. The van der Waals surface area contributed by atoms with E-state index in [1.54, 1.807) is 18.3 Å². The monoisotopic (exact) mass is 451 g/mol. The van der Waals surface area contributed by atoms with Gasteiger partial charge in [0, 0.05) is 17.3 Å². The maximum atomic E-state index is 11.8. The number of benzene rings is 2. The van der Waals surface area contributed by atoms with E-state index in [0.717, 1.165) is 17.7 Å². The fourth-order valence-corrected chi connectivity index (χ4v) is 3.69. The standard InChI is InChI=1S/C19H18INO4/c1-3-12-6-4-5-7-16(12)25-14-8-9-15-13(10-14)11-21-17(18(22)24-2)19(15,20)23/h4-11,17,23H,3H2,1-2H3. The molecular formula is C19H18INO4. The van der Waals surface area contributed by atoms with Gasteiger partial charge in [0.1, 0.15) is 11.5 Å². The molecule has 1 aliphatic heterocycles. The number of ether oxygens (including phenoxy) is 2. The Morgan fingerprint density at radius 3 is 2.80 bits per heavy atom. The lowest BCUT2D eigenvalue weighted by atomic mass is 9.94. The first-order valence-electron chi connectivity index (χ1n) is 7.90. The van der Waals surface area contributed by atoms with Crippen molar-refractivity contribution in [3.8, 4) is 11.5 Å². The number of halogens is 1. The minimum Gasteiger partial charge on any atom is -0.467 e. The van der Waals surface area contributed by atoms with Gasteiger partial charge in [0.2, 0.25) is 0 Å². The van der Waals surface area contributed by atoms with Crippen molar-refractivity contribution in [3.05, 3.63) is 59.2 Å². The van der Waals surface area contributed by atoms with Gasteiger partial charge in [-0.1, -0.05) is 31.2 Å². The van der Waals surface area contributed by atoms with Crippen molar-refractivity contribution in [1.82, 2.24) is 0 Å². The van der Waals surface area contributed by atoms with Crippen LogP contribution >= 0.6 is 22.6 Å². The maximum absolute atomic E-state index is 11.8. The van der Waals surface area contributed by atoms with Crippen LogP contribution in [0.1, 0.15) is 23.6 Å². The van der Waals surface area contributed by atoms with Gasteiger partial charge < -0.3 is 14.6 Å². The Morgan fingerprint density at radius 2 is 2.08 bits per heavy atom. The second kappa shape index (κ2) is 7.13. The summed E-state index contributed by atoms with van der Waals surface area (Å²) in [6.45, 7) is 2.07. The predicted molar refractivity (Wildman–Crippen MR) is 104 cm³/mol. The van der Waals surface area contributed by atoms with E-state index >= 15 is 0 Å². The van der Waals surface area contributed by atoms with Crippen LogP contribution in [0.4, 0.5) is 0 Å². The Labute approximate surface area is 159 Å². The van der Waals surface area contributed by atoms with Crippen LogP contribution in [0, 0.1) is 0 Å². The van der Waals surface area contributed by atoms with E-state index in [1.807, 2.05) is 52.9 Å². The van der Waals surface area contributed by atoms with Gasteiger partial charge in [-0.15, -0.1) is 0 Å². The van der Waals surface area contributed by atoms with Crippen LogP contribution in [0.2, 0.25) is 0 Å². The number of hydrogen-bond acceptors (Lipinski definition) is 5. The van der Waals surface area contributed by atoms with Crippen molar-refractivity contribution < 1.29 is 19.4 Å². The molecule has 5 nitrogen and oxygen atoms in total. The quantitative estimate of drug-likeness (QED) is 0.439. The number of alkyl halides is 1. The van der Waals surface area contributed by atoms with E-state index in [4.69, 9.17) is 9.47 Å². The van der Waals surface area contributed by atoms with Crippen molar-refractivity contribution in [3.63, 3.8) is 0 Å². The zero-order chi connectivity index (χ0) is 18.0. The molecule has 3 rings (SSSR count). The van der Waals surface area contributed by atoms with Crippen LogP contribution in [0.3, 0.4) is 0 Å². The van der Waals surface area contributed by atoms with Gasteiger partial charge in [-0.05, 0) is 52.8 Å². The molecular weight excluding hydrogens is 433 g/mol. The molecule has 0 aromatic heterocycles. The SMILES string of the molecule is CCc1ccccc1Oc1ccc2c(c1)C=NC(C(=O)OC)C2(O)I. The molecule has 6 heteroatoms. The van der Waals surface area contributed by atoms with E-state index in [0.29, 0.717) is 16.9 Å². The third-order valence-corrected chi connectivity index (χ3v) is 5.30. The van der Waals surface area contributed by atoms with E-state index in [2.05, 4.69) is 11.9 Å². The lowest BCUT2D eigenvalue weighted by molar-refractivity contribution is -0.145. The zero-order valence-corrected chi connectivity index (χ0v) is 16.1. The van der Waals surface area contributed by atoms with Crippen LogP contribution in [0.25, 0.3) is 0 Å². The Bertz CT molecular complexity index is 832. The van der Waals surface area contributed by atoms with Gasteiger partial charge in [-0.25, -0.2) is 4.79 Å². The number of fused-ring (bicyclic) bond motifs is 1. The molecule has 0 spiro atoms. The number of hydrogen-bond donors (Lipinski definition) is 1. The van der Waals surface area contributed by atoms with Gasteiger partial charge in [0.25, 0.3) is 0 Å². The lowest BCUT2D eigenvalue weighted by Gasteiger charge is -2.31. The van der Waals surface area contributed by atoms with Crippen molar-refractivity contribution in [2.24, 2.45) is 4.99 Å². The number of aliphatic hydroxyl groups is 1. The minimum absolute atomic E-state index is 0.573. The summed E-state index contributed by atoms with van der Waals surface area (Å²) in [6, 6.07) is 12.2. The van der Waals surface area contributed by atoms with Crippen LogP contribution in [-0.2, 0) is 19.6 Å². The van der Waals surface area contributed by atoms with Gasteiger partial charge >= 0.3 is 5.97 Å². The summed E-state index contributed by atoms with van der Waals surface area (Å²) in [5.74, 6) is 0.876. The molecule has 1 aliphatic rings. The summed E-state index contributed by atoms with van der Waals surface area (Å²) < 4.78 is 9.26. The molecule has 0 amide bonds. The summed E-state index contributed by atoms with van der Waals surface area (Å²) in [5.41, 5.74) is 2.43. The average molecular weight is 451 g/mol. The number of aliphatic imine (C=N–C) groups is 1. The number of carbonyl (C=O) groups is 1. The first-order valence-corrected chi connectivity index (χ1v) is 8.97. The Hall–Kier alpha value is -1.93. The number of aryl methyl sites for hydroxylation is 1. The van der Waals surface area contributed by atoms with E-state index in [1.165, 1.54) is 7.11 Å². The lowest BCUT2D eigenvalue weighted by Crippen LogP contribution is -2.42. The van der Waals surface area contributed by atoms with Crippen molar-refractivity contribution >= 4 is 34.8 Å². The predicted octanol–water partition coefficient (Wildman–Crippen LogP) is 3.60. The number of nitrogens with zero attached hydrogens (tertiary/aromatic N) is 1. The molecule has 0 aliphatic carbocycles. The first kappa shape index (κ1) is 17.9. The largest absolute Gasteiger partial charge is 0.467 e. The molecule has 0 radical (unpaired) electrons. The van der Waals surface area contributed by atoms with Crippen LogP contribution < -0.4 is 4.74 Å². The second-order valence-electron chi connectivity index (χ2n) is 5.69. The number of para-hydroxylation sites is 1. The highest BCUT2D eigenvalue weighted by Crippen LogP contribution is 2.40. The number of esters is 1. The average Bonchev–Trinajstić information content (AvgIpc) is 2.61. The van der Waals surface area contributed by atoms with Crippen molar-refractivity contribution in [2.45, 2.75) is 23.0 Å². The molecule has 25 heavy (non-hydrogen) atoms. The molecule has 130 valence electrons.